The van der Waals surface area contributed by atoms with Crippen molar-refractivity contribution in [1.29, 1.82) is 0 Å². The molecule has 1 aromatic heterocycles. The molecule has 2 heterocycles. The molecule has 0 fully saturated rings. The van der Waals surface area contributed by atoms with Gasteiger partial charge in [-0.15, -0.1) is 0 Å². The number of halogens is 3. The average molecular weight is 380 g/mol. The zero-order valence-electron chi connectivity index (χ0n) is 15.7. The second kappa shape index (κ2) is 8.51. The van der Waals surface area contributed by atoms with Gasteiger partial charge >= 0.3 is 12.1 Å². The minimum absolute atomic E-state index is 0.0772. The van der Waals surface area contributed by atoms with Crippen molar-refractivity contribution in [3.05, 3.63) is 40.9 Å². The molecule has 0 aromatic carbocycles. The third kappa shape index (κ3) is 6.06. The fourth-order valence-electron chi connectivity index (χ4n) is 2.91. The highest BCUT2D eigenvalue weighted by molar-refractivity contribution is 5.76. The summed E-state index contributed by atoms with van der Waals surface area (Å²) in [6, 6.07) is 1.89. The predicted molar refractivity (Wildman–Crippen MR) is 96.7 cm³/mol. The van der Waals surface area contributed by atoms with Gasteiger partial charge in [-0.25, -0.2) is 4.79 Å². The second-order valence-electron chi connectivity index (χ2n) is 6.95. The van der Waals surface area contributed by atoms with Crippen LogP contribution in [0.1, 0.15) is 50.2 Å². The number of hydrogen-bond donors (Lipinski definition) is 0. The van der Waals surface area contributed by atoms with Crippen molar-refractivity contribution in [2.75, 3.05) is 0 Å². The number of ether oxygens (including phenoxy) is 1. The molecule has 2 rings (SSSR count). The van der Waals surface area contributed by atoms with Crippen molar-refractivity contribution in [3.8, 4) is 11.8 Å². The van der Waals surface area contributed by atoms with Gasteiger partial charge in [-0.1, -0.05) is 29.6 Å². The maximum Gasteiger partial charge on any atom is 0.490 e. The first-order valence-corrected chi connectivity index (χ1v) is 8.74. The maximum absolute atomic E-state index is 12.5. The van der Waals surface area contributed by atoms with E-state index < -0.39 is 18.2 Å². The molecule has 2 atom stereocenters. The number of furan rings is 1. The van der Waals surface area contributed by atoms with Crippen molar-refractivity contribution in [2.24, 2.45) is 5.92 Å². The molecule has 3 nitrogen and oxygen atoms in total. The average Bonchev–Trinajstić information content (AvgIpc) is 2.87. The quantitative estimate of drug-likeness (QED) is 0.392. The van der Waals surface area contributed by atoms with Crippen LogP contribution < -0.4 is 0 Å². The fraction of sp³-hybridized carbons (Fsp3) is 0.476. The maximum atomic E-state index is 12.5. The minimum atomic E-state index is -5.04. The zero-order valence-corrected chi connectivity index (χ0v) is 15.7. The van der Waals surface area contributed by atoms with E-state index in [-0.39, 0.29) is 12.3 Å². The van der Waals surface area contributed by atoms with Gasteiger partial charge in [0.25, 0.3) is 0 Å². The second-order valence-corrected chi connectivity index (χ2v) is 6.95. The molecule has 0 unspecified atom stereocenters. The molecule has 0 saturated carbocycles. The van der Waals surface area contributed by atoms with Crippen molar-refractivity contribution in [3.63, 3.8) is 0 Å². The summed E-state index contributed by atoms with van der Waals surface area (Å²) in [5.74, 6) is 4.94. The Morgan fingerprint density at radius 2 is 2.04 bits per heavy atom. The van der Waals surface area contributed by atoms with Gasteiger partial charge in [-0.2, -0.15) is 13.2 Å². The Balaban J connectivity index is 2.32. The number of carbonyl (C=O) groups is 1. The van der Waals surface area contributed by atoms with E-state index in [1.807, 2.05) is 19.9 Å². The molecule has 1 aliphatic rings. The van der Waals surface area contributed by atoms with Gasteiger partial charge < -0.3 is 9.15 Å². The normalized spacial score (nSPS) is 22.8. The van der Waals surface area contributed by atoms with Crippen molar-refractivity contribution >= 4 is 12.0 Å². The number of hydrogen-bond acceptors (Lipinski definition) is 3. The molecular formula is C21H23F3O3. The van der Waals surface area contributed by atoms with Crippen molar-refractivity contribution in [1.82, 2.24) is 0 Å². The lowest BCUT2D eigenvalue weighted by molar-refractivity contribution is -0.202. The lowest BCUT2D eigenvalue weighted by atomic mass is 9.91. The smallest absolute Gasteiger partial charge is 0.461 e. The van der Waals surface area contributed by atoms with Gasteiger partial charge in [0, 0.05) is 19.3 Å². The van der Waals surface area contributed by atoms with Crippen LogP contribution >= 0.6 is 0 Å². The molecule has 0 aliphatic carbocycles. The van der Waals surface area contributed by atoms with Crippen LogP contribution in [0.4, 0.5) is 13.2 Å². The first-order chi connectivity index (χ1) is 12.6. The van der Waals surface area contributed by atoms with E-state index in [2.05, 4.69) is 23.2 Å². The SMILES string of the molecule is C=C(C)[C@H]1CCC#C[C@@H](OC(=O)C(F)(F)F)C/C(C)=C\c2cc(C)c(o2)C1. The number of carbonyl (C=O) groups excluding carboxylic acids is 1. The Kier molecular flexibility index (Phi) is 6.59. The summed E-state index contributed by atoms with van der Waals surface area (Å²) >= 11 is 0. The van der Waals surface area contributed by atoms with Crippen LogP contribution in [0.5, 0.6) is 0 Å². The summed E-state index contributed by atoms with van der Waals surface area (Å²) < 4.78 is 48.0. The van der Waals surface area contributed by atoms with Crippen molar-refractivity contribution < 1.29 is 27.1 Å². The van der Waals surface area contributed by atoms with Crippen LogP contribution in [-0.2, 0) is 16.0 Å². The van der Waals surface area contributed by atoms with Crippen LogP contribution in [0.25, 0.3) is 6.08 Å². The van der Waals surface area contributed by atoms with Crippen LogP contribution in [0.3, 0.4) is 0 Å². The molecule has 2 bridgehead atoms. The molecule has 0 amide bonds. The van der Waals surface area contributed by atoms with Gasteiger partial charge in [0.2, 0.25) is 0 Å². The summed E-state index contributed by atoms with van der Waals surface area (Å²) in [7, 11) is 0. The molecule has 1 aliphatic heterocycles. The van der Waals surface area contributed by atoms with Crippen LogP contribution in [-0.4, -0.2) is 18.2 Å². The first-order valence-electron chi connectivity index (χ1n) is 8.74. The highest BCUT2D eigenvalue weighted by Crippen LogP contribution is 2.27. The van der Waals surface area contributed by atoms with E-state index in [0.717, 1.165) is 16.9 Å². The molecular weight excluding hydrogens is 357 g/mol. The number of alkyl halides is 3. The van der Waals surface area contributed by atoms with E-state index in [9.17, 15) is 18.0 Å². The Hall–Kier alpha value is -2.42. The van der Waals surface area contributed by atoms with Gasteiger partial charge in [-0.05, 0) is 50.8 Å². The van der Waals surface area contributed by atoms with Crippen LogP contribution in [0.2, 0.25) is 0 Å². The minimum Gasteiger partial charge on any atom is -0.461 e. The molecule has 0 saturated heterocycles. The Morgan fingerprint density at radius 3 is 2.67 bits per heavy atom. The van der Waals surface area contributed by atoms with Crippen LogP contribution in [0, 0.1) is 24.7 Å². The summed E-state index contributed by atoms with van der Waals surface area (Å²) in [5.41, 5.74) is 2.72. The van der Waals surface area contributed by atoms with E-state index >= 15 is 0 Å². The molecule has 1 aromatic rings. The third-order valence-electron chi connectivity index (χ3n) is 4.43. The largest absolute Gasteiger partial charge is 0.490 e. The first kappa shape index (κ1) is 20.9. The lowest BCUT2D eigenvalue weighted by Crippen LogP contribution is -2.29. The summed E-state index contributed by atoms with van der Waals surface area (Å²) in [6.45, 7) is 9.65. The van der Waals surface area contributed by atoms with Gasteiger partial charge in [0.05, 0.1) is 0 Å². The highest BCUT2D eigenvalue weighted by atomic mass is 19.4. The summed E-state index contributed by atoms with van der Waals surface area (Å²) in [4.78, 5) is 11.2. The van der Waals surface area contributed by atoms with Crippen molar-refractivity contribution in [2.45, 2.75) is 58.7 Å². The summed E-state index contributed by atoms with van der Waals surface area (Å²) in [6.07, 6.45) is -2.53. The Morgan fingerprint density at radius 1 is 1.33 bits per heavy atom. The Bertz CT molecular complexity index is 803. The van der Waals surface area contributed by atoms with E-state index in [1.165, 1.54) is 0 Å². The van der Waals surface area contributed by atoms with E-state index in [1.54, 1.807) is 13.0 Å². The molecule has 0 spiro atoms. The number of aryl methyl sites for hydroxylation is 1. The number of allylic oxidation sites excluding steroid dienone is 1. The zero-order chi connectivity index (χ0) is 20.2. The number of rotatable bonds is 2. The topological polar surface area (TPSA) is 39.4 Å². The molecule has 0 N–H and O–H groups in total. The predicted octanol–water partition coefficient (Wildman–Crippen LogP) is 5.39. The third-order valence-corrected chi connectivity index (χ3v) is 4.43. The number of esters is 1. The standard InChI is InChI=1S/C21H23F3O3/c1-13(2)16-7-5-6-8-17(27-20(25)21(22,23)24)9-14(3)10-18-11-15(4)19(12-16)26-18/h10-11,16-17H,1,5,7,9,12H2,2-4H3/b14-10-/t16-,17+/m0/s1. The van der Waals surface area contributed by atoms with E-state index in [4.69, 9.17) is 4.42 Å². The van der Waals surface area contributed by atoms with Gasteiger partial charge in [0.15, 0.2) is 6.10 Å². The highest BCUT2D eigenvalue weighted by Gasteiger charge is 2.42. The molecule has 146 valence electrons. The Labute approximate surface area is 157 Å². The molecule has 0 radical (unpaired) electrons. The monoisotopic (exact) mass is 380 g/mol. The van der Waals surface area contributed by atoms with Gasteiger partial charge in [0.1, 0.15) is 11.5 Å². The fourth-order valence-corrected chi connectivity index (χ4v) is 2.91. The summed E-state index contributed by atoms with van der Waals surface area (Å²) in [5, 5.41) is 0. The van der Waals surface area contributed by atoms with E-state index in [0.29, 0.717) is 30.6 Å². The number of fused-ring (bicyclic) bond motifs is 2. The molecule has 27 heavy (non-hydrogen) atoms. The van der Waals surface area contributed by atoms with Gasteiger partial charge in [-0.3, -0.25) is 0 Å². The molecule has 6 heteroatoms. The van der Waals surface area contributed by atoms with Crippen LogP contribution in [0.15, 0.2) is 28.2 Å². The lowest BCUT2D eigenvalue weighted by Gasteiger charge is -2.15.